The zero-order valence-corrected chi connectivity index (χ0v) is 12.5. The normalized spacial score (nSPS) is 13.6. The highest BCUT2D eigenvalue weighted by Gasteiger charge is 2.19. The SMILES string of the molecule is C1=CNC(c2nc(-c3ccccc3)ncc2-c2ccccc2)N1. The van der Waals surface area contributed by atoms with Gasteiger partial charge in [0.25, 0.3) is 0 Å². The molecule has 4 nitrogen and oxygen atoms in total. The van der Waals surface area contributed by atoms with Gasteiger partial charge in [0, 0.05) is 29.7 Å². The van der Waals surface area contributed by atoms with Crippen molar-refractivity contribution in [3.8, 4) is 22.5 Å². The number of nitrogens with one attached hydrogen (secondary N) is 2. The Morgan fingerprint density at radius 3 is 2.00 bits per heavy atom. The molecule has 4 rings (SSSR count). The predicted molar refractivity (Wildman–Crippen MR) is 91.1 cm³/mol. The van der Waals surface area contributed by atoms with Gasteiger partial charge < -0.3 is 10.6 Å². The largest absolute Gasteiger partial charge is 0.365 e. The maximum atomic E-state index is 4.83. The minimum absolute atomic E-state index is 0.0457. The Morgan fingerprint density at radius 2 is 1.35 bits per heavy atom. The maximum absolute atomic E-state index is 4.83. The Hall–Kier alpha value is -3.14. The van der Waals surface area contributed by atoms with E-state index in [-0.39, 0.29) is 6.17 Å². The van der Waals surface area contributed by atoms with Gasteiger partial charge in [-0.15, -0.1) is 0 Å². The minimum Gasteiger partial charge on any atom is -0.365 e. The third kappa shape index (κ3) is 2.66. The summed E-state index contributed by atoms with van der Waals surface area (Å²) in [6, 6.07) is 20.2. The summed E-state index contributed by atoms with van der Waals surface area (Å²) in [6.45, 7) is 0. The quantitative estimate of drug-likeness (QED) is 0.777. The summed E-state index contributed by atoms with van der Waals surface area (Å²) in [5.41, 5.74) is 4.09. The van der Waals surface area contributed by atoms with Gasteiger partial charge in [-0.1, -0.05) is 60.7 Å². The van der Waals surface area contributed by atoms with E-state index in [9.17, 15) is 0 Å². The lowest BCUT2D eigenvalue weighted by Crippen LogP contribution is -2.23. The summed E-state index contributed by atoms with van der Waals surface area (Å²) in [5, 5.41) is 6.56. The predicted octanol–water partition coefficient (Wildman–Crippen LogP) is 3.47. The van der Waals surface area contributed by atoms with Gasteiger partial charge in [0.1, 0.15) is 6.17 Å². The van der Waals surface area contributed by atoms with Gasteiger partial charge in [-0.05, 0) is 5.56 Å². The summed E-state index contributed by atoms with van der Waals surface area (Å²) in [5.74, 6) is 0.732. The summed E-state index contributed by atoms with van der Waals surface area (Å²) in [6.07, 6.45) is 5.64. The molecule has 112 valence electrons. The van der Waals surface area contributed by atoms with Gasteiger partial charge in [-0.2, -0.15) is 0 Å². The molecule has 1 aliphatic rings. The van der Waals surface area contributed by atoms with Crippen LogP contribution in [-0.2, 0) is 0 Å². The summed E-state index contributed by atoms with van der Waals surface area (Å²) >= 11 is 0. The Kier molecular flexibility index (Phi) is 3.48. The fourth-order valence-electron chi connectivity index (χ4n) is 2.68. The second kappa shape index (κ2) is 5.93. The van der Waals surface area contributed by atoms with E-state index < -0.39 is 0 Å². The smallest absolute Gasteiger partial charge is 0.159 e. The van der Waals surface area contributed by atoms with Crippen LogP contribution in [0.1, 0.15) is 11.9 Å². The fraction of sp³-hybridized carbons (Fsp3) is 0.0526. The van der Waals surface area contributed by atoms with Crippen molar-refractivity contribution in [3.05, 3.63) is 85.0 Å². The van der Waals surface area contributed by atoms with E-state index in [4.69, 9.17) is 4.98 Å². The van der Waals surface area contributed by atoms with Gasteiger partial charge in [0.2, 0.25) is 0 Å². The lowest BCUT2D eigenvalue weighted by Gasteiger charge is -2.17. The number of hydrogen-bond acceptors (Lipinski definition) is 4. The van der Waals surface area contributed by atoms with Gasteiger partial charge in [-0.25, -0.2) is 9.97 Å². The molecule has 0 aliphatic carbocycles. The molecule has 0 unspecified atom stereocenters. The molecule has 0 fully saturated rings. The molecule has 0 saturated carbocycles. The van der Waals surface area contributed by atoms with Crippen LogP contribution in [0, 0.1) is 0 Å². The van der Waals surface area contributed by atoms with Crippen LogP contribution in [0.15, 0.2) is 79.3 Å². The van der Waals surface area contributed by atoms with Crippen molar-refractivity contribution in [2.45, 2.75) is 6.17 Å². The van der Waals surface area contributed by atoms with Crippen LogP contribution in [0.2, 0.25) is 0 Å². The molecular formula is C19H16N4. The van der Waals surface area contributed by atoms with E-state index in [1.807, 2.05) is 67.1 Å². The van der Waals surface area contributed by atoms with Crippen LogP contribution in [0.3, 0.4) is 0 Å². The molecule has 4 heteroatoms. The van der Waals surface area contributed by atoms with Crippen molar-refractivity contribution in [1.82, 2.24) is 20.6 Å². The Balaban J connectivity index is 1.83. The number of hydrogen-bond donors (Lipinski definition) is 2. The first kappa shape index (κ1) is 13.5. The first-order valence-electron chi connectivity index (χ1n) is 7.57. The highest BCUT2D eigenvalue weighted by Crippen LogP contribution is 2.28. The average molecular weight is 300 g/mol. The first-order chi connectivity index (χ1) is 11.4. The second-order valence-electron chi connectivity index (χ2n) is 5.32. The van der Waals surface area contributed by atoms with Crippen LogP contribution in [0.25, 0.3) is 22.5 Å². The van der Waals surface area contributed by atoms with Crippen molar-refractivity contribution < 1.29 is 0 Å². The highest BCUT2D eigenvalue weighted by atomic mass is 15.2. The van der Waals surface area contributed by atoms with E-state index in [1.54, 1.807) is 0 Å². The Bertz CT molecular complexity index is 821. The van der Waals surface area contributed by atoms with E-state index in [2.05, 4.69) is 27.8 Å². The molecule has 0 atom stereocenters. The third-order valence-electron chi connectivity index (χ3n) is 3.82. The van der Waals surface area contributed by atoms with Gasteiger partial charge in [0.05, 0.1) is 5.69 Å². The zero-order valence-electron chi connectivity index (χ0n) is 12.5. The van der Waals surface area contributed by atoms with E-state index in [0.717, 1.165) is 28.2 Å². The molecule has 0 saturated heterocycles. The Labute approximate surface area is 134 Å². The van der Waals surface area contributed by atoms with Crippen LogP contribution < -0.4 is 10.6 Å². The highest BCUT2D eigenvalue weighted by molar-refractivity contribution is 5.67. The van der Waals surface area contributed by atoms with Crippen molar-refractivity contribution in [2.24, 2.45) is 0 Å². The molecule has 1 aliphatic heterocycles. The molecule has 0 amide bonds. The maximum Gasteiger partial charge on any atom is 0.159 e. The topological polar surface area (TPSA) is 49.8 Å². The van der Waals surface area contributed by atoms with Gasteiger partial charge >= 0.3 is 0 Å². The molecule has 0 radical (unpaired) electrons. The number of aromatic nitrogens is 2. The summed E-state index contributed by atoms with van der Waals surface area (Å²) in [7, 11) is 0. The van der Waals surface area contributed by atoms with E-state index in [1.165, 1.54) is 0 Å². The molecule has 0 bridgehead atoms. The molecule has 23 heavy (non-hydrogen) atoms. The second-order valence-corrected chi connectivity index (χ2v) is 5.32. The van der Waals surface area contributed by atoms with Crippen molar-refractivity contribution in [3.63, 3.8) is 0 Å². The van der Waals surface area contributed by atoms with Crippen molar-refractivity contribution >= 4 is 0 Å². The lowest BCUT2D eigenvalue weighted by atomic mass is 10.0. The number of rotatable bonds is 3. The minimum atomic E-state index is -0.0457. The molecule has 2 aromatic carbocycles. The average Bonchev–Trinajstić information content (AvgIpc) is 3.17. The van der Waals surface area contributed by atoms with Crippen LogP contribution in [0.4, 0.5) is 0 Å². The Morgan fingerprint density at radius 1 is 0.739 bits per heavy atom. The van der Waals surface area contributed by atoms with Gasteiger partial charge in [-0.3, -0.25) is 0 Å². The standard InChI is InChI=1S/C19H16N4/c1-3-7-14(8-4-1)16-13-22-18(15-9-5-2-6-10-15)23-17(16)19-20-11-12-21-19/h1-13,19-21H. The monoisotopic (exact) mass is 300 g/mol. The molecule has 1 aromatic heterocycles. The van der Waals surface area contributed by atoms with Crippen LogP contribution in [0.5, 0.6) is 0 Å². The van der Waals surface area contributed by atoms with E-state index >= 15 is 0 Å². The summed E-state index contributed by atoms with van der Waals surface area (Å²) < 4.78 is 0. The number of nitrogens with zero attached hydrogens (tertiary/aromatic N) is 2. The van der Waals surface area contributed by atoms with Gasteiger partial charge in [0.15, 0.2) is 5.82 Å². The van der Waals surface area contributed by atoms with E-state index in [0.29, 0.717) is 0 Å². The number of benzene rings is 2. The van der Waals surface area contributed by atoms with Crippen LogP contribution >= 0.6 is 0 Å². The molecule has 2 heterocycles. The van der Waals surface area contributed by atoms with Crippen LogP contribution in [-0.4, -0.2) is 9.97 Å². The first-order valence-corrected chi connectivity index (χ1v) is 7.57. The zero-order chi connectivity index (χ0) is 15.5. The molecule has 0 spiro atoms. The van der Waals surface area contributed by atoms with Crippen molar-refractivity contribution in [2.75, 3.05) is 0 Å². The summed E-state index contributed by atoms with van der Waals surface area (Å²) in [4.78, 5) is 9.40. The molecular weight excluding hydrogens is 284 g/mol. The molecule has 2 N–H and O–H groups in total. The lowest BCUT2D eigenvalue weighted by molar-refractivity contribution is 0.590. The fourth-order valence-corrected chi connectivity index (χ4v) is 2.68. The van der Waals surface area contributed by atoms with Crippen molar-refractivity contribution in [1.29, 1.82) is 0 Å². The molecule has 3 aromatic rings. The third-order valence-corrected chi connectivity index (χ3v) is 3.82.